The van der Waals surface area contributed by atoms with E-state index in [1.54, 1.807) is 27.8 Å². The van der Waals surface area contributed by atoms with E-state index in [-0.39, 0.29) is 6.10 Å². The topological polar surface area (TPSA) is 78.9 Å². The molecule has 0 bridgehead atoms. The number of aromatic nitrogens is 4. The molecule has 1 aliphatic rings. The molecule has 2 aromatic heterocycles. The molecule has 3 heterocycles. The zero-order chi connectivity index (χ0) is 15.4. The molecule has 0 aliphatic carbocycles. The molecule has 1 saturated heterocycles. The molecular weight excluding hydrogens is 318 g/mol. The second-order valence-electron chi connectivity index (χ2n) is 5.34. The first-order chi connectivity index (χ1) is 10.8. The largest absolute Gasteiger partial charge is 0.370 e. The van der Waals surface area contributed by atoms with E-state index in [0.717, 1.165) is 56.0 Å². The van der Waals surface area contributed by atoms with Gasteiger partial charge in [0.2, 0.25) is 5.16 Å². The van der Waals surface area contributed by atoms with Crippen molar-refractivity contribution in [2.45, 2.75) is 56.0 Å². The van der Waals surface area contributed by atoms with E-state index in [9.17, 15) is 0 Å². The molecule has 0 unspecified atom stereocenters. The first kappa shape index (κ1) is 15.8. The zero-order valence-corrected chi connectivity index (χ0v) is 14.3. The predicted octanol–water partition coefficient (Wildman–Crippen LogP) is 2.93. The van der Waals surface area contributed by atoms with Gasteiger partial charge in [-0.2, -0.15) is 0 Å². The fraction of sp³-hybridized carbons (Fsp3) is 0.643. The van der Waals surface area contributed by atoms with Crippen molar-refractivity contribution in [3.05, 3.63) is 21.9 Å². The maximum absolute atomic E-state index is 6.12. The van der Waals surface area contributed by atoms with Gasteiger partial charge < -0.3 is 10.6 Å². The molecule has 0 amide bonds. The van der Waals surface area contributed by atoms with Gasteiger partial charge in [-0.15, -0.1) is 21.5 Å². The summed E-state index contributed by atoms with van der Waals surface area (Å²) in [5.74, 6) is 7.62. The highest BCUT2D eigenvalue weighted by molar-refractivity contribution is 7.98. The molecule has 6 nitrogen and oxygen atoms in total. The van der Waals surface area contributed by atoms with Gasteiger partial charge in [0, 0.05) is 17.7 Å². The second kappa shape index (κ2) is 7.43. The van der Waals surface area contributed by atoms with Crippen molar-refractivity contribution in [3.8, 4) is 0 Å². The molecule has 0 saturated carbocycles. The Hall–Kier alpha value is -1.12. The zero-order valence-electron chi connectivity index (χ0n) is 12.7. The lowest BCUT2D eigenvalue weighted by Gasteiger charge is -2.21. The highest BCUT2D eigenvalue weighted by Crippen LogP contribution is 2.29. The van der Waals surface area contributed by atoms with E-state index in [2.05, 4.69) is 27.5 Å². The maximum atomic E-state index is 6.12. The van der Waals surface area contributed by atoms with Crippen LogP contribution in [0.2, 0.25) is 0 Å². The van der Waals surface area contributed by atoms with Crippen LogP contribution in [0, 0.1) is 0 Å². The molecule has 8 heteroatoms. The van der Waals surface area contributed by atoms with Crippen molar-refractivity contribution in [2.75, 3.05) is 12.4 Å². The number of thioether (sulfide) groups is 1. The summed E-state index contributed by atoms with van der Waals surface area (Å²) in [6, 6.07) is 0. The summed E-state index contributed by atoms with van der Waals surface area (Å²) in [6.45, 7) is 2.95. The number of aryl methyl sites for hydroxylation is 1. The number of ether oxygens (including phenoxy) is 1. The Labute approximate surface area is 138 Å². The number of nitrogens with two attached hydrogens (primary N) is 1. The number of hydrogen-bond acceptors (Lipinski definition) is 7. The summed E-state index contributed by atoms with van der Waals surface area (Å²) in [5, 5.41) is 12.4. The van der Waals surface area contributed by atoms with Gasteiger partial charge in [0.05, 0.1) is 10.7 Å². The molecule has 22 heavy (non-hydrogen) atoms. The Morgan fingerprint density at radius 1 is 1.45 bits per heavy atom. The van der Waals surface area contributed by atoms with Gasteiger partial charge in [0.25, 0.3) is 0 Å². The van der Waals surface area contributed by atoms with Crippen LogP contribution in [0.5, 0.6) is 0 Å². The highest BCUT2D eigenvalue weighted by atomic mass is 32.2. The molecule has 120 valence electrons. The van der Waals surface area contributed by atoms with E-state index >= 15 is 0 Å². The van der Waals surface area contributed by atoms with Crippen molar-refractivity contribution >= 4 is 23.1 Å². The second-order valence-corrected chi connectivity index (χ2v) is 7.22. The average Bonchev–Trinajstić information content (AvgIpc) is 3.13. The van der Waals surface area contributed by atoms with Crippen LogP contribution in [0.3, 0.4) is 0 Å². The summed E-state index contributed by atoms with van der Waals surface area (Å²) in [6.07, 6.45) is 5.38. The summed E-state index contributed by atoms with van der Waals surface area (Å²) in [5.41, 5.74) is 1.08. The smallest absolute Gasteiger partial charge is 0.210 e. The van der Waals surface area contributed by atoms with Gasteiger partial charge in [-0.3, -0.25) is 0 Å². The average molecular weight is 339 g/mol. The molecule has 0 spiro atoms. The fourth-order valence-corrected chi connectivity index (χ4v) is 4.19. The van der Waals surface area contributed by atoms with Crippen molar-refractivity contribution in [3.63, 3.8) is 0 Å². The Kier molecular flexibility index (Phi) is 5.32. The summed E-state index contributed by atoms with van der Waals surface area (Å²) < 4.78 is 7.30. The van der Waals surface area contributed by atoms with Crippen LogP contribution in [-0.2, 0) is 16.9 Å². The SMILES string of the molecule is CCCc1nc(CSc2nnc([C@@H]3CCCCO3)n2N)cs1. The molecule has 3 rings (SSSR count). The van der Waals surface area contributed by atoms with Crippen LogP contribution in [0.1, 0.15) is 55.2 Å². The Bertz CT molecular complexity index is 606. The molecule has 1 atom stereocenters. The predicted molar refractivity (Wildman–Crippen MR) is 88.4 cm³/mol. The van der Waals surface area contributed by atoms with Gasteiger partial charge in [0.15, 0.2) is 5.82 Å². The molecule has 0 aromatic carbocycles. The van der Waals surface area contributed by atoms with Gasteiger partial charge in [-0.05, 0) is 32.1 Å². The van der Waals surface area contributed by atoms with Crippen LogP contribution in [0.15, 0.2) is 10.5 Å². The first-order valence-electron chi connectivity index (χ1n) is 7.66. The standard InChI is InChI=1S/C14H21N5OS2/c1-2-5-12-16-10(8-21-12)9-22-14-18-17-13(19(14)15)11-6-3-4-7-20-11/h8,11H,2-7,9,15H2,1H3/t11-/m0/s1. The lowest BCUT2D eigenvalue weighted by Crippen LogP contribution is -2.21. The number of rotatable bonds is 6. The summed E-state index contributed by atoms with van der Waals surface area (Å²) in [7, 11) is 0. The van der Waals surface area contributed by atoms with Gasteiger partial charge >= 0.3 is 0 Å². The number of nitrogen functional groups attached to an aromatic ring is 1. The molecule has 2 aromatic rings. The third-order valence-electron chi connectivity index (χ3n) is 3.57. The lowest BCUT2D eigenvalue weighted by atomic mass is 10.1. The fourth-order valence-electron chi connectivity index (χ4n) is 2.43. The highest BCUT2D eigenvalue weighted by Gasteiger charge is 2.23. The minimum Gasteiger partial charge on any atom is -0.370 e. The molecule has 2 N–H and O–H groups in total. The van der Waals surface area contributed by atoms with Gasteiger partial charge in [-0.25, -0.2) is 9.66 Å². The first-order valence-corrected chi connectivity index (χ1v) is 9.52. The maximum Gasteiger partial charge on any atom is 0.210 e. The third-order valence-corrected chi connectivity index (χ3v) is 5.50. The lowest BCUT2D eigenvalue weighted by molar-refractivity contribution is 0.00780. The minimum atomic E-state index is -0.0176. The Morgan fingerprint density at radius 2 is 2.36 bits per heavy atom. The van der Waals surface area contributed by atoms with Crippen molar-refractivity contribution in [1.82, 2.24) is 19.9 Å². The van der Waals surface area contributed by atoms with Crippen LogP contribution < -0.4 is 5.84 Å². The monoisotopic (exact) mass is 339 g/mol. The minimum absolute atomic E-state index is 0.0176. The molecule has 0 radical (unpaired) electrons. The van der Waals surface area contributed by atoms with Crippen molar-refractivity contribution < 1.29 is 4.74 Å². The number of thiazole rings is 1. The van der Waals surface area contributed by atoms with Crippen molar-refractivity contribution in [1.29, 1.82) is 0 Å². The number of hydrogen-bond donors (Lipinski definition) is 1. The van der Waals surface area contributed by atoms with E-state index in [1.165, 1.54) is 5.01 Å². The normalized spacial score (nSPS) is 18.7. The van der Waals surface area contributed by atoms with E-state index in [1.807, 2.05) is 0 Å². The van der Waals surface area contributed by atoms with E-state index < -0.39 is 0 Å². The van der Waals surface area contributed by atoms with Crippen molar-refractivity contribution in [2.24, 2.45) is 0 Å². The number of nitrogens with zero attached hydrogens (tertiary/aromatic N) is 4. The summed E-state index contributed by atoms with van der Waals surface area (Å²) >= 11 is 3.29. The van der Waals surface area contributed by atoms with Crippen LogP contribution in [0.25, 0.3) is 0 Å². The van der Waals surface area contributed by atoms with Crippen LogP contribution in [-0.4, -0.2) is 26.5 Å². The van der Waals surface area contributed by atoms with Gasteiger partial charge in [0.1, 0.15) is 6.10 Å². The molecular formula is C14H21N5OS2. The quantitative estimate of drug-likeness (QED) is 0.644. The molecule has 1 aliphatic heterocycles. The van der Waals surface area contributed by atoms with E-state index in [0.29, 0.717) is 5.16 Å². The Morgan fingerprint density at radius 3 is 3.14 bits per heavy atom. The van der Waals surface area contributed by atoms with Crippen LogP contribution in [0.4, 0.5) is 0 Å². The Balaban J connectivity index is 1.61. The van der Waals surface area contributed by atoms with Gasteiger partial charge in [-0.1, -0.05) is 18.7 Å². The van der Waals surface area contributed by atoms with E-state index in [4.69, 9.17) is 10.6 Å². The summed E-state index contributed by atoms with van der Waals surface area (Å²) in [4.78, 5) is 4.62. The molecule has 1 fully saturated rings. The van der Waals surface area contributed by atoms with Crippen LogP contribution >= 0.6 is 23.1 Å². The third kappa shape index (κ3) is 3.61.